The molecule has 2 amide bonds. The molecule has 3 N–H and O–H groups in total. The molecule has 11 heavy (non-hydrogen) atoms. The molecule has 60 valence electrons. The molecular weight excluding hydrogens is 148 g/mol. The van der Waals surface area contributed by atoms with Gasteiger partial charge in [-0.15, -0.1) is 0 Å². The van der Waals surface area contributed by atoms with Gasteiger partial charge in [-0.05, 0) is 0 Å². The number of rotatable bonds is 0. The maximum atomic E-state index is 10.1. The Kier molecular flexibility index (Phi) is 3.58. The van der Waals surface area contributed by atoms with E-state index in [9.17, 15) is 14.4 Å². The predicted octanol–water partition coefficient (Wildman–Crippen LogP) is -1.31. The maximum Gasteiger partial charge on any atom is 0.295 e. The molecule has 1 rings (SSSR count). The van der Waals surface area contributed by atoms with E-state index >= 15 is 0 Å². The van der Waals surface area contributed by atoms with E-state index in [2.05, 4.69) is 11.1 Å². The third-order valence-corrected chi connectivity index (χ3v) is 0.673. The standard InChI is InChI=1S/C4H3NO2.C2H5NO/c6-3-1-2-5-4(3)7;1-2(3)4/h1-2H,(H,5,6,7);1H3,(H2,3,4). The van der Waals surface area contributed by atoms with E-state index in [1.807, 2.05) is 0 Å². The normalized spacial score (nSPS) is 13.5. The largest absolute Gasteiger partial charge is 0.370 e. The highest BCUT2D eigenvalue weighted by Crippen LogP contribution is 1.83. The van der Waals surface area contributed by atoms with Crippen LogP contribution in [0.2, 0.25) is 0 Å². The molecule has 5 nitrogen and oxygen atoms in total. The Morgan fingerprint density at radius 1 is 1.55 bits per heavy atom. The number of ketones is 1. The first-order valence-electron chi connectivity index (χ1n) is 2.81. The van der Waals surface area contributed by atoms with Crippen molar-refractivity contribution in [2.24, 2.45) is 5.73 Å². The van der Waals surface area contributed by atoms with Gasteiger partial charge in [-0.3, -0.25) is 14.4 Å². The predicted molar refractivity (Wildman–Crippen MR) is 37.2 cm³/mol. The van der Waals surface area contributed by atoms with Crippen LogP contribution in [-0.4, -0.2) is 17.6 Å². The number of nitrogens with one attached hydrogen (secondary N) is 1. The molecule has 0 unspecified atom stereocenters. The topological polar surface area (TPSA) is 89.3 Å². The second-order valence-electron chi connectivity index (χ2n) is 1.78. The second kappa shape index (κ2) is 4.21. The van der Waals surface area contributed by atoms with Crippen LogP contribution in [0.15, 0.2) is 12.3 Å². The number of carbonyl (C=O) groups is 3. The van der Waals surface area contributed by atoms with E-state index in [-0.39, 0.29) is 5.91 Å². The van der Waals surface area contributed by atoms with Crippen molar-refractivity contribution in [1.29, 1.82) is 0 Å². The first-order valence-corrected chi connectivity index (χ1v) is 2.81. The molecule has 0 radical (unpaired) electrons. The third-order valence-electron chi connectivity index (χ3n) is 0.673. The molecule has 0 spiro atoms. The molecule has 0 aromatic carbocycles. The van der Waals surface area contributed by atoms with Crippen LogP contribution in [0.3, 0.4) is 0 Å². The fraction of sp³-hybridized carbons (Fsp3) is 0.167. The molecule has 0 aromatic rings. The first kappa shape index (κ1) is 9.35. The number of carbonyl (C=O) groups excluding carboxylic acids is 3. The number of hydrogen-bond donors (Lipinski definition) is 2. The SMILES string of the molecule is CC(N)=O.O=C1C=CNC1=O. The lowest BCUT2D eigenvalue weighted by Crippen LogP contribution is -2.17. The van der Waals surface area contributed by atoms with Crippen molar-refractivity contribution in [3.05, 3.63) is 12.3 Å². The van der Waals surface area contributed by atoms with Crippen LogP contribution < -0.4 is 11.1 Å². The average molecular weight is 156 g/mol. The van der Waals surface area contributed by atoms with E-state index in [4.69, 9.17) is 0 Å². The Morgan fingerprint density at radius 3 is 2.09 bits per heavy atom. The summed E-state index contributed by atoms with van der Waals surface area (Å²) in [7, 11) is 0. The van der Waals surface area contributed by atoms with E-state index in [0.29, 0.717) is 0 Å². The Hall–Kier alpha value is -1.65. The zero-order chi connectivity index (χ0) is 8.85. The molecule has 1 heterocycles. The Balaban J connectivity index is 0.000000218. The van der Waals surface area contributed by atoms with Crippen LogP contribution in [0.5, 0.6) is 0 Å². The Morgan fingerprint density at radius 2 is 2.00 bits per heavy atom. The Labute approximate surface area is 63.2 Å². The molecule has 0 saturated heterocycles. The van der Waals surface area contributed by atoms with Crippen molar-refractivity contribution >= 4 is 17.6 Å². The lowest BCUT2D eigenvalue weighted by molar-refractivity contribution is -0.133. The van der Waals surface area contributed by atoms with Crippen molar-refractivity contribution in [1.82, 2.24) is 5.32 Å². The molecule has 1 aliphatic heterocycles. The van der Waals surface area contributed by atoms with E-state index in [1.165, 1.54) is 19.2 Å². The molecule has 0 atom stereocenters. The highest BCUT2D eigenvalue weighted by atomic mass is 16.2. The summed E-state index contributed by atoms with van der Waals surface area (Å²) in [5, 5.41) is 2.20. The molecule has 0 aromatic heterocycles. The van der Waals surface area contributed by atoms with Gasteiger partial charge >= 0.3 is 0 Å². The van der Waals surface area contributed by atoms with E-state index < -0.39 is 11.7 Å². The van der Waals surface area contributed by atoms with Crippen molar-refractivity contribution in [2.45, 2.75) is 6.92 Å². The fourth-order valence-corrected chi connectivity index (χ4v) is 0.340. The zero-order valence-electron chi connectivity index (χ0n) is 5.96. The van der Waals surface area contributed by atoms with Gasteiger partial charge in [0, 0.05) is 19.2 Å². The summed E-state index contributed by atoms with van der Waals surface area (Å²) in [5.74, 6) is -1.35. The maximum absolute atomic E-state index is 10.1. The molecule has 5 heteroatoms. The minimum absolute atomic E-state index is 0.333. The van der Waals surface area contributed by atoms with Crippen molar-refractivity contribution in [3.8, 4) is 0 Å². The van der Waals surface area contributed by atoms with Gasteiger partial charge in [-0.25, -0.2) is 0 Å². The fourth-order valence-electron chi connectivity index (χ4n) is 0.340. The van der Waals surface area contributed by atoms with Crippen LogP contribution >= 0.6 is 0 Å². The number of hydrogen-bond acceptors (Lipinski definition) is 3. The smallest absolute Gasteiger partial charge is 0.295 e. The van der Waals surface area contributed by atoms with Gasteiger partial charge < -0.3 is 11.1 Å². The third kappa shape index (κ3) is 4.83. The summed E-state index contributed by atoms with van der Waals surface area (Å²) >= 11 is 0. The molecule has 0 bridgehead atoms. The van der Waals surface area contributed by atoms with Gasteiger partial charge in [0.05, 0.1) is 0 Å². The van der Waals surface area contributed by atoms with E-state index in [1.54, 1.807) is 0 Å². The van der Waals surface area contributed by atoms with Crippen LogP contribution in [0.4, 0.5) is 0 Å². The van der Waals surface area contributed by atoms with Crippen LogP contribution in [0.1, 0.15) is 6.92 Å². The van der Waals surface area contributed by atoms with Crippen LogP contribution in [0.25, 0.3) is 0 Å². The molecule has 0 fully saturated rings. The van der Waals surface area contributed by atoms with Gasteiger partial charge in [0.25, 0.3) is 5.91 Å². The summed E-state index contributed by atoms with van der Waals surface area (Å²) in [5.41, 5.74) is 4.47. The summed E-state index contributed by atoms with van der Waals surface area (Å²) in [4.78, 5) is 29.3. The highest BCUT2D eigenvalue weighted by Gasteiger charge is 2.12. The lowest BCUT2D eigenvalue weighted by Gasteiger charge is -1.78. The van der Waals surface area contributed by atoms with Crippen molar-refractivity contribution < 1.29 is 14.4 Å². The zero-order valence-corrected chi connectivity index (χ0v) is 5.96. The van der Waals surface area contributed by atoms with Gasteiger partial charge in [0.1, 0.15) is 0 Å². The highest BCUT2D eigenvalue weighted by molar-refractivity contribution is 6.42. The molecule has 1 aliphatic rings. The van der Waals surface area contributed by atoms with E-state index in [0.717, 1.165) is 0 Å². The average Bonchev–Trinajstić information content (AvgIpc) is 2.15. The minimum Gasteiger partial charge on any atom is -0.370 e. The summed E-state index contributed by atoms with van der Waals surface area (Å²) in [6, 6.07) is 0. The van der Waals surface area contributed by atoms with Gasteiger partial charge in [0.2, 0.25) is 11.7 Å². The Bertz CT molecular complexity index is 216. The van der Waals surface area contributed by atoms with Crippen LogP contribution in [0, 0.1) is 0 Å². The minimum atomic E-state index is -0.542. The summed E-state index contributed by atoms with van der Waals surface area (Å²) in [6.45, 7) is 1.31. The van der Waals surface area contributed by atoms with Crippen LogP contribution in [-0.2, 0) is 14.4 Å². The van der Waals surface area contributed by atoms with Gasteiger partial charge in [-0.2, -0.15) is 0 Å². The molecular formula is C6H8N2O3. The number of amides is 2. The van der Waals surface area contributed by atoms with Crippen molar-refractivity contribution in [3.63, 3.8) is 0 Å². The number of primary amides is 1. The second-order valence-corrected chi connectivity index (χ2v) is 1.78. The quantitative estimate of drug-likeness (QED) is 0.427. The number of nitrogens with two attached hydrogens (primary N) is 1. The van der Waals surface area contributed by atoms with Crippen molar-refractivity contribution in [2.75, 3.05) is 0 Å². The first-order chi connectivity index (χ1) is 5.04. The van der Waals surface area contributed by atoms with Gasteiger partial charge in [0.15, 0.2) is 0 Å². The lowest BCUT2D eigenvalue weighted by atomic mass is 10.4. The molecule has 0 aliphatic carbocycles. The van der Waals surface area contributed by atoms with Gasteiger partial charge in [-0.1, -0.05) is 0 Å². The summed E-state index contributed by atoms with van der Waals surface area (Å²) < 4.78 is 0. The summed E-state index contributed by atoms with van der Waals surface area (Å²) in [6.07, 6.45) is 2.52. The monoisotopic (exact) mass is 156 g/mol. The molecule has 0 saturated carbocycles.